The van der Waals surface area contributed by atoms with Crippen LogP contribution in [0, 0.1) is 0 Å². The van der Waals surface area contributed by atoms with Gasteiger partial charge in [0.05, 0.1) is 6.04 Å². The normalized spacial score (nSPS) is 29.6. The van der Waals surface area contributed by atoms with Crippen LogP contribution in [0.25, 0.3) is 0 Å². The Morgan fingerprint density at radius 3 is 2.50 bits per heavy atom. The van der Waals surface area contributed by atoms with Crippen LogP contribution in [0.15, 0.2) is 0 Å². The number of nitrogens with zero attached hydrogens (tertiary/aromatic N) is 1. The fourth-order valence-electron chi connectivity index (χ4n) is 0.704. The third kappa shape index (κ3) is 1.35. The van der Waals surface area contributed by atoms with Crippen molar-refractivity contribution in [2.24, 2.45) is 0 Å². The lowest BCUT2D eigenvalue weighted by molar-refractivity contribution is -0.326. The molecule has 1 saturated heterocycles. The predicted octanol–water partition coefficient (Wildman–Crippen LogP) is 0.572. The molecule has 0 aliphatic carbocycles. The summed E-state index contributed by atoms with van der Waals surface area (Å²) in [5.74, 6) is 1.88. The summed E-state index contributed by atoms with van der Waals surface area (Å²) in [5.41, 5.74) is 0. The first-order chi connectivity index (χ1) is 3.80. The summed E-state index contributed by atoms with van der Waals surface area (Å²) in [6.45, 7) is 0. The molecule has 8 heavy (non-hydrogen) atoms. The highest BCUT2D eigenvalue weighted by Gasteiger charge is 2.19. The van der Waals surface area contributed by atoms with Crippen molar-refractivity contribution in [3.05, 3.63) is 0 Å². The molecule has 48 valence electrons. The van der Waals surface area contributed by atoms with Crippen LogP contribution in [-0.2, 0) is 0 Å². The summed E-state index contributed by atoms with van der Waals surface area (Å²) >= 11 is 1.75. The monoisotopic (exact) mass is 135 g/mol. The summed E-state index contributed by atoms with van der Waals surface area (Å²) in [4.78, 5) is 0. The average Bonchev–Trinajstić information content (AvgIpc) is 2.12. The highest BCUT2D eigenvalue weighted by molar-refractivity contribution is 7.99. The smallest absolute Gasteiger partial charge is 0.0721 e. The van der Waals surface area contributed by atoms with Gasteiger partial charge in [0.2, 0.25) is 0 Å². The van der Waals surface area contributed by atoms with Gasteiger partial charge in [0.25, 0.3) is 0 Å². The molecular weight excluding hydrogens is 126 g/mol. The molecule has 0 radical (unpaired) electrons. The van der Waals surface area contributed by atoms with Gasteiger partial charge in [0.15, 0.2) is 0 Å². The van der Waals surface area contributed by atoms with Crippen molar-refractivity contribution in [1.29, 1.82) is 0 Å². The van der Waals surface area contributed by atoms with Gasteiger partial charge in [-0.2, -0.15) is 11.8 Å². The van der Waals surface area contributed by atoms with E-state index in [1.54, 1.807) is 11.8 Å². The predicted molar refractivity (Wildman–Crippen MR) is 31.1 cm³/mol. The lowest BCUT2D eigenvalue weighted by Gasteiger charge is -2.11. The molecule has 0 bridgehead atoms. The highest BCUT2D eigenvalue weighted by Crippen LogP contribution is 2.19. The molecule has 1 rings (SSSR count). The van der Waals surface area contributed by atoms with Crippen LogP contribution in [-0.4, -0.2) is 33.2 Å². The van der Waals surface area contributed by atoms with Crippen LogP contribution in [0.1, 0.15) is 6.42 Å². The summed E-state index contributed by atoms with van der Waals surface area (Å²) in [5, 5.41) is 17.2. The van der Waals surface area contributed by atoms with E-state index < -0.39 is 0 Å². The first kappa shape index (κ1) is 6.35. The quantitative estimate of drug-likeness (QED) is 0.516. The molecule has 1 heterocycles. The van der Waals surface area contributed by atoms with E-state index in [4.69, 9.17) is 10.4 Å². The molecular formula is C4H9NO2S. The third-order valence-corrected chi connectivity index (χ3v) is 2.38. The highest BCUT2D eigenvalue weighted by atomic mass is 32.2. The minimum Gasteiger partial charge on any atom is -0.289 e. The van der Waals surface area contributed by atoms with Crippen molar-refractivity contribution in [1.82, 2.24) is 5.23 Å². The van der Waals surface area contributed by atoms with Crippen LogP contribution in [0.2, 0.25) is 0 Å². The van der Waals surface area contributed by atoms with E-state index in [1.165, 1.54) is 0 Å². The first-order valence-electron chi connectivity index (χ1n) is 2.55. The number of thioether (sulfide) groups is 1. The fraction of sp³-hybridized carbons (Fsp3) is 1.00. The maximum absolute atomic E-state index is 8.43. The zero-order chi connectivity index (χ0) is 5.98. The van der Waals surface area contributed by atoms with E-state index in [-0.39, 0.29) is 6.04 Å². The first-order valence-corrected chi connectivity index (χ1v) is 3.71. The maximum Gasteiger partial charge on any atom is 0.0721 e. The minimum absolute atomic E-state index is 0.0278. The molecule has 0 unspecified atom stereocenters. The molecule has 1 aliphatic rings. The molecule has 0 spiro atoms. The van der Waals surface area contributed by atoms with Crippen LogP contribution >= 0.6 is 11.8 Å². The van der Waals surface area contributed by atoms with E-state index >= 15 is 0 Å². The van der Waals surface area contributed by atoms with E-state index in [0.29, 0.717) is 5.23 Å². The zero-order valence-electron chi connectivity index (χ0n) is 4.45. The minimum atomic E-state index is -0.0278. The number of hydroxylamine groups is 2. The van der Waals surface area contributed by atoms with Gasteiger partial charge >= 0.3 is 0 Å². The Balaban J connectivity index is 2.24. The summed E-state index contributed by atoms with van der Waals surface area (Å²) in [6, 6.07) is -0.0278. The van der Waals surface area contributed by atoms with Crippen molar-refractivity contribution in [3.63, 3.8) is 0 Å². The SMILES string of the molecule is ON(O)[C@H]1CCSC1. The molecule has 0 amide bonds. The molecule has 0 aromatic heterocycles. The Kier molecular flexibility index (Phi) is 2.13. The lowest BCUT2D eigenvalue weighted by atomic mass is 10.3. The molecule has 3 nitrogen and oxygen atoms in total. The summed E-state index contributed by atoms with van der Waals surface area (Å²) in [6.07, 6.45) is 0.887. The fourth-order valence-corrected chi connectivity index (χ4v) is 1.88. The van der Waals surface area contributed by atoms with E-state index in [9.17, 15) is 0 Å². The van der Waals surface area contributed by atoms with Gasteiger partial charge in [-0.1, -0.05) is 5.23 Å². The number of hydrogen-bond acceptors (Lipinski definition) is 4. The molecule has 4 heteroatoms. The molecule has 1 fully saturated rings. The molecule has 0 saturated carbocycles. The second-order valence-electron chi connectivity index (χ2n) is 1.84. The Morgan fingerprint density at radius 2 is 2.25 bits per heavy atom. The number of rotatable bonds is 1. The van der Waals surface area contributed by atoms with Gasteiger partial charge < -0.3 is 0 Å². The number of hydrogen-bond donors (Lipinski definition) is 2. The topological polar surface area (TPSA) is 43.7 Å². The third-order valence-electron chi connectivity index (χ3n) is 1.23. The van der Waals surface area contributed by atoms with E-state index in [1.807, 2.05) is 0 Å². The standard InChI is InChI=1S/C4H9NO2S/c6-5(7)4-1-2-8-3-4/h4,6-7H,1-3H2/t4-/m0/s1. The van der Waals surface area contributed by atoms with Gasteiger partial charge in [-0.25, -0.2) is 0 Å². The lowest BCUT2D eigenvalue weighted by Crippen LogP contribution is -2.28. The largest absolute Gasteiger partial charge is 0.289 e. The van der Waals surface area contributed by atoms with Crippen molar-refractivity contribution in [2.75, 3.05) is 11.5 Å². The Bertz CT molecular complexity index is 72.4. The van der Waals surface area contributed by atoms with Crippen molar-refractivity contribution in [2.45, 2.75) is 12.5 Å². The second-order valence-corrected chi connectivity index (χ2v) is 2.99. The molecule has 1 aliphatic heterocycles. The average molecular weight is 135 g/mol. The van der Waals surface area contributed by atoms with Crippen molar-refractivity contribution < 1.29 is 10.4 Å². The van der Waals surface area contributed by atoms with E-state index in [2.05, 4.69) is 0 Å². The molecule has 0 aromatic rings. The Morgan fingerprint density at radius 1 is 1.50 bits per heavy atom. The van der Waals surface area contributed by atoms with Gasteiger partial charge in [-0.05, 0) is 12.2 Å². The van der Waals surface area contributed by atoms with Crippen molar-refractivity contribution in [3.8, 4) is 0 Å². The second kappa shape index (κ2) is 2.68. The van der Waals surface area contributed by atoms with Gasteiger partial charge in [-0.3, -0.25) is 10.4 Å². The van der Waals surface area contributed by atoms with Gasteiger partial charge in [0.1, 0.15) is 0 Å². The molecule has 0 aromatic carbocycles. The maximum atomic E-state index is 8.43. The summed E-state index contributed by atoms with van der Waals surface area (Å²) in [7, 11) is 0. The van der Waals surface area contributed by atoms with E-state index in [0.717, 1.165) is 17.9 Å². The zero-order valence-corrected chi connectivity index (χ0v) is 5.27. The van der Waals surface area contributed by atoms with Crippen LogP contribution in [0.3, 0.4) is 0 Å². The van der Waals surface area contributed by atoms with Crippen molar-refractivity contribution >= 4 is 11.8 Å². The summed E-state index contributed by atoms with van der Waals surface area (Å²) < 4.78 is 0. The van der Waals surface area contributed by atoms with Crippen LogP contribution < -0.4 is 0 Å². The van der Waals surface area contributed by atoms with Crippen LogP contribution in [0.5, 0.6) is 0 Å². The molecule has 2 N–H and O–H groups in total. The van der Waals surface area contributed by atoms with Gasteiger partial charge in [0, 0.05) is 5.75 Å². The Labute approximate surface area is 52.2 Å². The molecule has 1 atom stereocenters. The van der Waals surface area contributed by atoms with Crippen LogP contribution in [0.4, 0.5) is 0 Å². The Hall–Kier alpha value is 0.230. The van der Waals surface area contributed by atoms with Gasteiger partial charge in [-0.15, -0.1) is 0 Å².